The fourth-order valence-electron chi connectivity index (χ4n) is 1.43. The normalized spacial score (nSPS) is 12.0. The fraction of sp³-hybridized carbons (Fsp3) is 0.385. The number of alkyl halides is 1. The van der Waals surface area contributed by atoms with Gasteiger partial charge < -0.3 is 4.74 Å². The average molecular weight is 255 g/mol. The highest BCUT2D eigenvalue weighted by molar-refractivity contribution is 6.33. The number of carbonyl (C=O) groups is 2. The summed E-state index contributed by atoms with van der Waals surface area (Å²) in [5, 5.41) is -0.604. The van der Waals surface area contributed by atoms with Gasteiger partial charge in [0, 0.05) is 5.56 Å². The van der Waals surface area contributed by atoms with Crippen molar-refractivity contribution in [3.05, 3.63) is 34.9 Å². The van der Waals surface area contributed by atoms with E-state index < -0.39 is 11.3 Å². The number of esters is 1. The van der Waals surface area contributed by atoms with E-state index in [1.165, 1.54) is 6.07 Å². The number of Topliss-reactive ketones (excluding diaryl/α,β-unsaturated/α-hetero) is 1. The fourth-order valence-corrected chi connectivity index (χ4v) is 1.56. The first-order valence-corrected chi connectivity index (χ1v) is 5.87. The molecule has 17 heavy (non-hydrogen) atoms. The zero-order valence-electron chi connectivity index (χ0n) is 10.1. The Labute approximate surface area is 106 Å². The van der Waals surface area contributed by atoms with Crippen molar-refractivity contribution in [2.75, 3.05) is 6.61 Å². The van der Waals surface area contributed by atoms with Gasteiger partial charge in [0.1, 0.15) is 0 Å². The third-order valence-corrected chi connectivity index (χ3v) is 2.58. The van der Waals surface area contributed by atoms with Crippen LogP contribution in [0.4, 0.5) is 0 Å². The Morgan fingerprint density at radius 2 is 2.06 bits per heavy atom. The molecule has 3 nitrogen and oxygen atoms in total. The summed E-state index contributed by atoms with van der Waals surface area (Å²) in [7, 11) is 0. The van der Waals surface area contributed by atoms with Crippen LogP contribution in [0.3, 0.4) is 0 Å². The summed E-state index contributed by atoms with van der Waals surface area (Å²) in [5.41, 5.74) is 1.62. The van der Waals surface area contributed by atoms with Crippen LogP contribution in [-0.2, 0) is 4.74 Å². The van der Waals surface area contributed by atoms with Gasteiger partial charge in [-0.1, -0.05) is 12.1 Å². The number of benzene rings is 1. The number of carbonyl (C=O) groups excluding carboxylic acids is 2. The highest BCUT2D eigenvalue weighted by Crippen LogP contribution is 2.15. The molecule has 0 fully saturated rings. The Hall–Kier alpha value is -1.35. The maximum atomic E-state index is 11.7. The van der Waals surface area contributed by atoms with Gasteiger partial charge in [0.2, 0.25) is 0 Å². The summed E-state index contributed by atoms with van der Waals surface area (Å²) in [4.78, 5) is 23.3. The smallest absolute Gasteiger partial charge is 0.338 e. The van der Waals surface area contributed by atoms with Crippen molar-refractivity contribution in [1.29, 1.82) is 0 Å². The van der Waals surface area contributed by atoms with Crippen molar-refractivity contribution in [2.45, 2.75) is 26.1 Å². The van der Waals surface area contributed by atoms with Gasteiger partial charge in [0.05, 0.1) is 17.5 Å². The van der Waals surface area contributed by atoms with Crippen LogP contribution in [0, 0.1) is 6.92 Å². The lowest BCUT2D eigenvalue weighted by molar-refractivity contribution is 0.0525. The topological polar surface area (TPSA) is 43.4 Å². The van der Waals surface area contributed by atoms with Crippen molar-refractivity contribution in [3.63, 3.8) is 0 Å². The number of aryl methyl sites for hydroxylation is 1. The molecule has 0 radical (unpaired) electrons. The van der Waals surface area contributed by atoms with E-state index in [0.717, 1.165) is 5.56 Å². The van der Waals surface area contributed by atoms with Crippen LogP contribution in [0.2, 0.25) is 0 Å². The third kappa shape index (κ3) is 3.30. The van der Waals surface area contributed by atoms with Gasteiger partial charge in [0.15, 0.2) is 5.78 Å². The van der Waals surface area contributed by atoms with E-state index in [4.69, 9.17) is 16.3 Å². The lowest BCUT2D eigenvalue weighted by Gasteiger charge is -2.08. The molecule has 0 aromatic heterocycles. The monoisotopic (exact) mass is 254 g/mol. The average Bonchev–Trinajstić information content (AvgIpc) is 2.28. The zero-order valence-corrected chi connectivity index (χ0v) is 10.9. The first kappa shape index (κ1) is 13.7. The largest absolute Gasteiger partial charge is 0.462 e. The summed E-state index contributed by atoms with van der Waals surface area (Å²) >= 11 is 5.73. The molecule has 0 heterocycles. The summed E-state index contributed by atoms with van der Waals surface area (Å²) in [6.07, 6.45) is 0. The molecule has 1 aromatic carbocycles. The van der Waals surface area contributed by atoms with Gasteiger partial charge in [-0.05, 0) is 32.4 Å². The molecule has 0 bridgehead atoms. The second-order valence-electron chi connectivity index (χ2n) is 3.73. The summed E-state index contributed by atoms with van der Waals surface area (Å²) in [6, 6.07) is 4.92. The Balaban J connectivity index is 3.10. The summed E-state index contributed by atoms with van der Waals surface area (Å²) in [5.74, 6) is -0.612. The van der Waals surface area contributed by atoms with Crippen molar-refractivity contribution < 1.29 is 14.3 Å². The molecule has 1 rings (SSSR count). The van der Waals surface area contributed by atoms with Crippen molar-refractivity contribution in [1.82, 2.24) is 0 Å². The van der Waals surface area contributed by atoms with E-state index in [1.54, 1.807) is 32.9 Å². The maximum absolute atomic E-state index is 11.7. The van der Waals surface area contributed by atoms with Gasteiger partial charge in [-0.25, -0.2) is 4.79 Å². The van der Waals surface area contributed by atoms with Crippen molar-refractivity contribution >= 4 is 23.4 Å². The summed E-state index contributed by atoms with van der Waals surface area (Å²) in [6.45, 7) is 5.45. The second-order valence-corrected chi connectivity index (χ2v) is 4.39. The lowest BCUT2D eigenvalue weighted by atomic mass is 10.0. The lowest BCUT2D eigenvalue weighted by Crippen LogP contribution is -2.13. The number of ether oxygens (including phenoxy) is 1. The molecule has 1 aromatic rings. The van der Waals surface area contributed by atoms with Gasteiger partial charge in [-0.3, -0.25) is 4.79 Å². The van der Waals surface area contributed by atoms with Crippen LogP contribution >= 0.6 is 11.6 Å². The van der Waals surface area contributed by atoms with Gasteiger partial charge >= 0.3 is 5.97 Å². The molecule has 1 unspecified atom stereocenters. The molecule has 0 saturated heterocycles. The Morgan fingerprint density at radius 3 is 2.59 bits per heavy atom. The number of ketones is 1. The molecule has 0 N–H and O–H groups in total. The number of rotatable bonds is 4. The van der Waals surface area contributed by atoms with Crippen LogP contribution in [0.25, 0.3) is 0 Å². The van der Waals surface area contributed by atoms with Crippen LogP contribution in [0.15, 0.2) is 18.2 Å². The first-order chi connectivity index (χ1) is 7.97. The third-order valence-electron chi connectivity index (χ3n) is 2.38. The molecular formula is C13H15ClO3. The van der Waals surface area contributed by atoms with Crippen LogP contribution in [0.5, 0.6) is 0 Å². The van der Waals surface area contributed by atoms with E-state index in [0.29, 0.717) is 17.7 Å². The Morgan fingerprint density at radius 1 is 1.41 bits per heavy atom. The Bertz CT molecular complexity index is 438. The van der Waals surface area contributed by atoms with Gasteiger partial charge in [-0.15, -0.1) is 11.6 Å². The highest BCUT2D eigenvalue weighted by Gasteiger charge is 2.16. The Kier molecular flexibility index (Phi) is 4.70. The molecule has 0 amide bonds. The highest BCUT2D eigenvalue weighted by atomic mass is 35.5. The standard InChI is InChI=1S/C13H15ClO3/c1-4-17-13(16)11-7-10(6-5-8(11)2)12(15)9(3)14/h5-7,9H,4H2,1-3H3. The molecule has 0 aliphatic rings. The van der Waals surface area contributed by atoms with E-state index >= 15 is 0 Å². The first-order valence-electron chi connectivity index (χ1n) is 5.43. The number of hydrogen-bond acceptors (Lipinski definition) is 3. The minimum Gasteiger partial charge on any atom is -0.462 e. The van der Waals surface area contributed by atoms with Crippen LogP contribution in [-0.4, -0.2) is 23.7 Å². The summed E-state index contributed by atoms with van der Waals surface area (Å²) < 4.78 is 4.92. The molecule has 0 spiro atoms. The second kappa shape index (κ2) is 5.82. The van der Waals surface area contributed by atoms with Gasteiger partial charge in [-0.2, -0.15) is 0 Å². The van der Waals surface area contributed by atoms with E-state index in [2.05, 4.69) is 0 Å². The molecule has 0 aliphatic carbocycles. The molecule has 4 heteroatoms. The molecular weight excluding hydrogens is 240 g/mol. The minimum absolute atomic E-state index is 0.197. The quantitative estimate of drug-likeness (QED) is 0.471. The number of hydrogen-bond donors (Lipinski definition) is 0. The molecule has 1 atom stereocenters. The van der Waals surface area contributed by atoms with E-state index in [9.17, 15) is 9.59 Å². The van der Waals surface area contributed by atoms with Crippen molar-refractivity contribution in [3.8, 4) is 0 Å². The van der Waals surface area contributed by atoms with E-state index in [1.807, 2.05) is 0 Å². The van der Waals surface area contributed by atoms with Crippen LogP contribution < -0.4 is 0 Å². The molecule has 0 saturated carbocycles. The maximum Gasteiger partial charge on any atom is 0.338 e. The predicted molar refractivity (Wildman–Crippen MR) is 66.8 cm³/mol. The molecule has 0 aliphatic heterocycles. The minimum atomic E-state index is -0.604. The predicted octanol–water partition coefficient (Wildman–Crippen LogP) is 2.98. The van der Waals surface area contributed by atoms with E-state index in [-0.39, 0.29) is 5.78 Å². The van der Waals surface area contributed by atoms with Crippen molar-refractivity contribution in [2.24, 2.45) is 0 Å². The molecule has 92 valence electrons. The SMILES string of the molecule is CCOC(=O)c1cc(C(=O)C(C)Cl)ccc1C. The van der Waals surface area contributed by atoms with Gasteiger partial charge in [0.25, 0.3) is 0 Å². The zero-order chi connectivity index (χ0) is 13.0. The number of halogens is 1. The van der Waals surface area contributed by atoms with Crippen LogP contribution in [0.1, 0.15) is 40.1 Å².